The lowest BCUT2D eigenvalue weighted by atomic mass is 10.1. The molecule has 0 spiro atoms. The molecule has 1 N–H and O–H groups in total. The molecule has 7 nitrogen and oxygen atoms in total. The van der Waals surface area contributed by atoms with Gasteiger partial charge in [0.15, 0.2) is 0 Å². The third-order valence-electron chi connectivity index (χ3n) is 3.89. The zero-order valence-electron chi connectivity index (χ0n) is 14.8. The van der Waals surface area contributed by atoms with Crippen LogP contribution in [0, 0.1) is 18.3 Å². The number of nitriles is 1. The van der Waals surface area contributed by atoms with Crippen LogP contribution in [0.15, 0.2) is 59.0 Å². The van der Waals surface area contributed by atoms with Crippen molar-refractivity contribution < 1.29 is 9.53 Å². The molecule has 0 aliphatic heterocycles. The summed E-state index contributed by atoms with van der Waals surface area (Å²) in [6, 6.07) is 14.2. The Balaban J connectivity index is 2.29. The zero-order valence-corrected chi connectivity index (χ0v) is 14.8. The van der Waals surface area contributed by atoms with Crippen molar-refractivity contribution in [3.8, 4) is 17.7 Å². The summed E-state index contributed by atoms with van der Waals surface area (Å²) in [5, 5.41) is 11.6. The van der Waals surface area contributed by atoms with Crippen LogP contribution >= 0.6 is 0 Å². The Morgan fingerprint density at radius 2 is 2.00 bits per heavy atom. The minimum absolute atomic E-state index is 0.0158. The smallest absolute Gasteiger partial charge is 0.269 e. The molecule has 0 radical (unpaired) electrons. The molecule has 0 aliphatic rings. The second kappa shape index (κ2) is 7.54. The number of carbonyl (C=O) groups excluding carboxylic acids is 1. The monoisotopic (exact) mass is 360 g/mol. The Bertz CT molecular complexity index is 1140. The topological polar surface area (TPSA) is 96.5 Å². The maximum Gasteiger partial charge on any atom is 0.269 e. The summed E-state index contributed by atoms with van der Waals surface area (Å²) in [5.41, 5.74) is 0.578. The Hall–Kier alpha value is -3.92. The van der Waals surface area contributed by atoms with Gasteiger partial charge < -0.3 is 10.1 Å². The molecule has 0 saturated heterocycles. The fraction of sp³-hybridized carbons (Fsp3) is 0.100. The number of nitrogens with one attached hydrogen (secondary N) is 1. The molecule has 3 rings (SSSR count). The molecule has 2 aromatic heterocycles. The molecule has 134 valence electrons. The minimum Gasteiger partial charge on any atom is -0.438 e. The predicted molar refractivity (Wildman–Crippen MR) is 100 cm³/mol. The number of hydrogen-bond donors (Lipinski definition) is 1. The number of rotatable bonds is 4. The molecule has 1 amide bonds. The molecule has 0 fully saturated rings. The molecular weight excluding hydrogens is 344 g/mol. The van der Waals surface area contributed by atoms with E-state index in [0.717, 1.165) is 5.56 Å². The Morgan fingerprint density at radius 1 is 1.26 bits per heavy atom. The van der Waals surface area contributed by atoms with Gasteiger partial charge in [-0.2, -0.15) is 10.2 Å². The molecular formula is C20H16N4O3. The van der Waals surface area contributed by atoms with E-state index in [-0.39, 0.29) is 17.0 Å². The Morgan fingerprint density at radius 3 is 2.67 bits per heavy atom. The number of amides is 1. The third kappa shape index (κ3) is 3.55. The Kier molecular flexibility index (Phi) is 4.99. The van der Waals surface area contributed by atoms with Gasteiger partial charge in [0.1, 0.15) is 28.6 Å². The van der Waals surface area contributed by atoms with Crippen molar-refractivity contribution in [2.24, 2.45) is 0 Å². The number of aromatic nitrogens is 2. The summed E-state index contributed by atoms with van der Waals surface area (Å²) in [6.45, 7) is 1.83. The predicted octanol–water partition coefficient (Wildman–Crippen LogP) is 2.45. The second-order valence-electron chi connectivity index (χ2n) is 5.68. The van der Waals surface area contributed by atoms with Gasteiger partial charge in [0.05, 0.1) is 0 Å². The number of hydrogen-bond acceptors (Lipinski definition) is 5. The van der Waals surface area contributed by atoms with Gasteiger partial charge in [0, 0.05) is 13.2 Å². The average molecular weight is 360 g/mol. The van der Waals surface area contributed by atoms with E-state index in [0.29, 0.717) is 11.4 Å². The van der Waals surface area contributed by atoms with E-state index in [9.17, 15) is 14.9 Å². The highest BCUT2D eigenvalue weighted by molar-refractivity contribution is 6.01. The van der Waals surface area contributed by atoms with E-state index >= 15 is 0 Å². The molecule has 7 heteroatoms. The number of carbonyl (C=O) groups is 1. The zero-order chi connectivity index (χ0) is 19.4. The van der Waals surface area contributed by atoms with Crippen LogP contribution < -0.4 is 15.6 Å². The number of para-hydroxylation sites is 1. The maximum absolute atomic E-state index is 13.0. The largest absolute Gasteiger partial charge is 0.438 e. The van der Waals surface area contributed by atoms with E-state index in [1.165, 1.54) is 17.5 Å². The number of likely N-dealkylation sites (N-methyl/N-ethyl adjacent to an activating group) is 1. The van der Waals surface area contributed by atoms with Crippen molar-refractivity contribution in [1.29, 1.82) is 5.26 Å². The quantitative estimate of drug-likeness (QED) is 0.569. The van der Waals surface area contributed by atoms with Crippen molar-refractivity contribution in [2.75, 3.05) is 7.05 Å². The summed E-state index contributed by atoms with van der Waals surface area (Å²) < 4.78 is 7.16. The first-order chi connectivity index (χ1) is 13.0. The van der Waals surface area contributed by atoms with Crippen LogP contribution in [0.2, 0.25) is 0 Å². The van der Waals surface area contributed by atoms with Crippen LogP contribution in [0.4, 0.5) is 0 Å². The summed E-state index contributed by atoms with van der Waals surface area (Å²) in [5.74, 6) is -0.0931. The third-order valence-corrected chi connectivity index (χ3v) is 3.89. The van der Waals surface area contributed by atoms with E-state index in [1.807, 2.05) is 19.1 Å². The Labute approximate surface area is 155 Å². The first-order valence-electron chi connectivity index (χ1n) is 8.14. The van der Waals surface area contributed by atoms with Crippen molar-refractivity contribution in [1.82, 2.24) is 14.7 Å². The fourth-order valence-corrected chi connectivity index (χ4v) is 2.52. The second-order valence-corrected chi connectivity index (χ2v) is 5.68. The molecule has 0 bridgehead atoms. The van der Waals surface area contributed by atoms with Crippen LogP contribution in [0.5, 0.6) is 11.6 Å². The van der Waals surface area contributed by atoms with E-state index in [2.05, 4.69) is 10.3 Å². The molecule has 0 saturated carbocycles. The van der Waals surface area contributed by atoms with Gasteiger partial charge in [-0.15, -0.1) is 0 Å². The number of fused-ring (bicyclic) bond motifs is 1. The lowest BCUT2D eigenvalue weighted by molar-refractivity contribution is -0.116. The number of ether oxygens (including phenoxy) is 1. The normalized spacial score (nSPS) is 11.1. The highest BCUT2D eigenvalue weighted by Gasteiger charge is 2.17. The number of benzene rings is 1. The minimum atomic E-state index is -0.600. The van der Waals surface area contributed by atoms with Crippen molar-refractivity contribution in [3.63, 3.8) is 0 Å². The van der Waals surface area contributed by atoms with E-state index < -0.39 is 11.5 Å². The lowest BCUT2D eigenvalue weighted by Crippen LogP contribution is -2.22. The molecule has 0 unspecified atom stereocenters. The van der Waals surface area contributed by atoms with Crippen LogP contribution in [0.3, 0.4) is 0 Å². The molecule has 2 heterocycles. The SMILES string of the molecule is CNC(=O)/C(C#N)=C/c1c(Oc2ccccc2)nc2c(C)cccn2c1=O. The molecule has 27 heavy (non-hydrogen) atoms. The van der Waals surface area contributed by atoms with Gasteiger partial charge in [-0.3, -0.25) is 14.0 Å². The standard InChI is InChI=1S/C20H16N4O3/c1-13-7-6-10-24-17(13)23-19(27-15-8-4-3-5-9-15)16(20(24)26)11-14(12-21)18(25)22-2/h3-11H,1-2H3,(H,22,25)/b14-11+. The van der Waals surface area contributed by atoms with Crippen LogP contribution in [-0.4, -0.2) is 22.3 Å². The number of nitrogens with zero attached hydrogens (tertiary/aromatic N) is 3. The van der Waals surface area contributed by atoms with Crippen molar-refractivity contribution >= 4 is 17.6 Å². The summed E-state index contributed by atoms with van der Waals surface area (Å²) >= 11 is 0. The maximum atomic E-state index is 13.0. The van der Waals surface area contributed by atoms with Gasteiger partial charge in [0.2, 0.25) is 5.88 Å². The molecule has 1 aromatic carbocycles. The summed E-state index contributed by atoms with van der Waals surface area (Å²) in [6.07, 6.45) is 2.77. The number of aryl methyl sites for hydroxylation is 1. The molecule has 0 aliphatic carbocycles. The first-order valence-corrected chi connectivity index (χ1v) is 8.14. The van der Waals surface area contributed by atoms with Crippen molar-refractivity contribution in [3.05, 3.63) is 75.7 Å². The summed E-state index contributed by atoms with van der Waals surface area (Å²) in [7, 11) is 1.41. The number of pyridine rings is 1. The highest BCUT2D eigenvalue weighted by Crippen LogP contribution is 2.24. The van der Waals surface area contributed by atoms with Crippen LogP contribution in [-0.2, 0) is 4.79 Å². The highest BCUT2D eigenvalue weighted by atomic mass is 16.5. The van der Waals surface area contributed by atoms with E-state index in [1.54, 1.807) is 42.6 Å². The fourth-order valence-electron chi connectivity index (χ4n) is 2.52. The average Bonchev–Trinajstić information content (AvgIpc) is 2.69. The van der Waals surface area contributed by atoms with Gasteiger partial charge in [-0.1, -0.05) is 24.3 Å². The van der Waals surface area contributed by atoms with Gasteiger partial charge >= 0.3 is 0 Å². The van der Waals surface area contributed by atoms with Gasteiger partial charge in [-0.05, 0) is 36.8 Å². The van der Waals surface area contributed by atoms with Gasteiger partial charge in [0.25, 0.3) is 11.5 Å². The molecule has 3 aromatic rings. The van der Waals surface area contributed by atoms with E-state index in [4.69, 9.17) is 4.74 Å². The first kappa shape index (κ1) is 17.9. The summed E-state index contributed by atoms with van der Waals surface area (Å²) in [4.78, 5) is 29.3. The van der Waals surface area contributed by atoms with Gasteiger partial charge in [-0.25, -0.2) is 0 Å². The van der Waals surface area contributed by atoms with Crippen LogP contribution in [0.25, 0.3) is 11.7 Å². The van der Waals surface area contributed by atoms with Crippen LogP contribution in [0.1, 0.15) is 11.1 Å². The molecule has 0 atom stereocenters. The lowest BCUT2D eigenvalue weighted by Gasteiger charge is -2.11. The van der Waals surface area contributed by atoms with Crippen molar-refractivity contribution in [2.45, 2.75) is 6.92 Å².